The molecule has 1 aliphatic rings. The number of thiazole rings is 1. The van der Waals surface area contributed by atoms with Crippen LogP contribution in [-0.2, 0) is 19.5 Å². The SMILES string of the molecule is Cc1cc(C(=O)Nc2nc3c(s2)CN(C(=O)NCc2cccc4ccccc24)CC3)no1. The lowest BCUT2D eigenvalue weighted by Crippen LogP contribution is -2.42. The van der Waals surface area contributed by atoms with Crippen molar-refractivity contribution in [1.29, 1.82) is 0 Å². The number of urea groups is 1. The smallest absolute Gasteiger partial charge is 0.318 e. The van der Waals surface area contributed by atoms with Crippen molar-refractivity contribution in [1.82, 2.24) is 20.4 Å². The van der Waals surface area contributed by atoms with Crippen molar-refractivity contribution in [3.05, 3.63) is 76.1 Å². The van der Waals surface area contributed by atoms with Crippen LogP contribution in [0.3, 0.4) is 0 Å². The van der Waals surface area contributed by atoms with Gasteiger partial charge in [0.05, 0.1) is 12.2 Å². The summed E-state index contributed by atoms with van der Waals surface area (Å²) in [6, 6.07) is 15.7. The van der Waals surface area contributed by atoms with Crippen LogP contribution in [0.4, 0.5) is 9.93 Å². The Kier molecular flexibility index (Phi) is 5.32. The summed E-state index contributed by atoms with van der Waals surface area (Å²) in [6.07, 6.45) is 0.645. The van der Waals surface area contributed by atoms with Crippen molar-refractivity contribution in [2.24, 2.45) is 0 Å². The number of carbonyl (C=O) groups is 2. The van der Waals surface area contributed by atoms with Gasteiger partial charge in [0.15, 0.2) is 10.8 Å². The molecule has 0 saturated carbocycles. The predicted octanol–water partition coefficient (Wildman–Crippen LogP) is 4.11. The normalized spacial score (nSPS) is 13.1. The van der Waals surface area contributed by atoms with Crippen LogP contribution >= 0.6 is 11.3 Å². The molecule has 4 aromatic rings. The van der Waals surface area contributed by atoms with Gasteiger partial charge in [-0.2, -0.15) is 0 Å². The Labute approximate surface area is 188 Å². The van der Waals surface area contributed by atoms with E-state index in [4.69, 9.17) is 4.52 Å². The molecule has 0 radical (unpaired) electrons. The molecule has 5 rings (SSSR count). The third-order valence-electron chi connectivity index (χ3n) is 5.41. The van der Waals surface area contributed by atoms with Crippen LogP contribution in [0.2, 0.25) is 0 Å². The Morgan fingerprint density at radius 3 is 2.88 bits per heavy atom. The van der Waals surface area contributed by atoms with E-state index in [2.05, 4.69) is 39.0 Å². The number of nitrogens with zero attached hydrogens (tertiary/aromatic N) is 3. The van der Waals surface area contributed by atoms with Gasteiger partial charge in [0.1, 0.15) is 5.76 Å². The van der Waals surface area contributed by atoms with Gasteiger partial charge in [-0.15, -0.1) is 0 Å². The number of aromatic nitrogens is 2. The van der Waals surface area contributed by atoms with Crippen LogP contribution in [0.5, 0.6) is 0 Å². The van der Waals surface area contributed by atoms with Crippen molar-refractivity contribution in [3.8, 4) is 0 Å². The number of carbonyl (C=O) groups excluding carboxylic acids is 2. The molecule has 8 nitrogen and oxygen atoms in total. The average molecular weight is 448 g/mol. The average Bonchev–Trinajstić information content (AvgIpc) is 3.42. The van der Waals surface area contributed by atoms with E-state index in [0.29, 0.717) is 36.9 Å². The van der Waals surface area contributed by atoms with Crippen molar-refractivity contribution in [2.45, 2.75) is 26.4 Å². The molecule has 0 spiro atoms. The van der Waals surface area contributed by atoms with Crippen molar-refractivity contribution in [3.63, 3.8) is 0 Å². The zero-order valence-corrected chi connectivity index (χ0v) is 18.2. The summed E-state index contributed by atoms with van der Waals surface area (Å²) in [4.78, 5) is 32.3. The Balaban J connectivity index is 1.22. The Morgan fingerprint density at radius 2 is 2.03 bits per heavy atom. The quantitative estimate of drug-likeness (QED) is 0.490. The van der Waals surface area contributed by atoms with Crippen molar-refractivity contribution >= 4 is 39.2 Å². The number of hydrogen-bond donors (Lipinski definition) is 2. The lowest BCUT2D eigenvalue weighted by Gasteiger charge is -2.26. The topological polar surface area (TPSA) is 100 Å². The van der Waals surface area contributed by atoms with Crippen LogP contribution in [-0.4, -0.2) is 33.5 Å². The van der Waals surface area contributed by atoms with Crippen LogP contribution in [0, 0.1) is 6.92 Å². The molecule has 0 bridgehead atoms. The fourth-order valence-electron chi connectivity index (χ4n) is 3.79. The molecule has 162 valence electrons. The Bertz CT molecular complexity index is 1310. The highest BCUT2D eigenvalue weighted by Crippen LogP contribution is 2.29. The number of rotatable bonds is 4. The second kappa shape index (κ2) is 8.43. The molecule has 2 aromatic carbocycles. The molecule has 0 unspecified atom stereocenters. The minimum atomic E-state index is -0.363. The van der Waals surface area contributed by atoms with Crippen LogP contribution in [0.1, 0.15) is 32.4 Å². The maximum atomic E-state index is 12.8. The summed E-state index contributed by atoms with van der Waals surface area (Å²) in [5.74, 6) is 0.205. The van der Waals surface area contributed by atoms with E-state index < -0.39 is 0 Å². The molecule has 0 fully saturated rings. The second-order valence-electron chi connectivity index (χ2n) is 7.63. The first kappa shape index (κ1) is 20.2. The molecule has 2 N–H and O–H groups in total. The molecule has 32 heavy (non-hydrogen) atoms. The van der Waals surface area contributed by atoms with E-state index in [0.717, 1.165) is 26.9 Å². The van der Waals surface area contributed by atoms with Gasteiger partial charge in [0, 0.05) is 30.5 Å². The second-order valence-corrected chi connectivity index (χ2v) is 8.72. The summed E-state index contributed by atoms with van der Waals surface area (Å²) >= 11 is 1.38. The van der Waals surface area contributed by atoms with Crippen molar-refractivity contribution in [2.75, 3.05) is 11.9 Å². The van der Waals surface area contributed by atoms with E-state index >= 15 is 0 Å². The predicted molar refractivity (Wildman–Crippen MR) is 122 cm³/mol. The molecule has 0 saturated heterocycles. The fourth-order valence-corrected chi connectivity index (χ4v) is 4.80. The number of nitrogens with one attached hydrogen (secondary N) is 2. The van der Waals surface area contributed by atoms with E-state index in [1.54, 1.807) is 17.9 Å². The molecule has 9 heteroatoms. The molecule has 0 atom stereocenters. The monoisotopic (exact) mass is 447 g/mol. The number of anilines is 1. The maximum absolute atomic E-state index is 12.8. The van der Waals surface area contributed by atoms with Gasteiger partial charge in [0.2, 0.25) is 0 Å². The number of aryl methyl sites for hydroxylation is 1. The first-order valence-electron chi connectivity index (χ1n) is 10.3. The molecular formula is C23H21N5O3S. The maximum Gasteiger partial charge on any atom is 0.318 e. The van der Waals surface area contributed by atoms with Gasteiger partial charge < -0.3 is 14.7 Å². The van der Waals surface area contributed by atoms with E-state index in [9.17, 15) is 9.59 Å². The summed E-state index contributed by atoms with van der Waals surface area (Å²) in [5, 5.41) is 12.3. The highest BCUT2D eigenvalue weighted by atomic mass is 32.1. The third kappa shape index (κ3) is 4.06. The molecular weight excluding hydrogens is 426 g/mol. The number of hydrogen-bond acceptors (Lipinski definition) is 6. The fraction of sp³-hybridized carbons (Fsp3) is 0.217. The van der Waals surface area contributed by atoms with Gasteiger partial charge in [-0.1, -0.05) is 59.0 Å². The van der Waals surface area contributed by atoms with Crippen LogP contribution in [0.15, 0.2) is 53.1 Å². The van der Waals surface area contributed by atoms with E-state index in [-0.39, 0.29) is 17.6 Å². The van der Waals surface area contributed by atoms with Crippen molar-refractivity contribution < 1.29 is 14.1 Å². The highest BCUT2D eigenvalue weighted by molar-refractivity contribution is 7.15. The highest BCUT2D eigenvalue weighted by Gasteiger charge is 2.25. The number of benzene rings is 2. The third-order valence-corrected chi connectivity index (χ3v) is 6.41. The molecule has 3 heterocycles. The van der Waals surface area contributed by atoms with Gasteiger partial charge in [0.25, 0.3) is 5.91 Å². The zero-order chi connectivity index (χ0) is 22.1. The largest absolute Gasteiger partial charge is 0.361 e. The molecule has 1 aliphatic heterocycles. The minimum Gasteiger partial charge on any atom is -0.361 e. The Hall–Kier alpha value is -3.72. The van der Waals surface area contributed by atoms with Gasteiger partial charge in [-0.3, -0.25) is 10.1 Å². The standard InChI is InChI=1S/C23H21N5O3S/c1-14-11-19(27-31-14)21(29)26-22-25-18-9-10-28(13-20(18)32-22)23(30)24-12-16-7-4-6-15-5-2-3-8-17(15)16/h2-8,11H,9-10,12-13H2,1H3,(H,24,30)(H,25,26,29). The zero-order valence-electron chi connectivity index (χ0n) is 17.4. The first-order chi connectivity index (χ1) is 15.6. The minimum absolute atomic E-state index is 0.111. The molecule has 0 aliphatic carbocycles. The molecule has 2 aromatic heterocycles. The Morgan fingerprint density at radius 1 is 1.19 bits per heavy atom. The van der Waals surface area contributed by atoms with Crippen LogP contribution in [0.25, 0.3) is 10.8 Å². The van der Waals surface area contributed by atoms with Crippen LogP contribution < -0.4 is 10.6 Å². The first-order valence-corrected chi connectivity index (χ1v) is 11.1. The summed E-state index contributed by atoms with van der Waals surface area (Å²) < 4.78 is 4.94. The van der Waals surface area contributed by atoms with Gasteiger partial charge in [-0.05, 0) is 23.3 Å². The number of fused-ring (bicyclic) bond motifs is 2. The molecule has 3 amide bonds. The summed E-state index contributed by atoms with van der Waals surface area (Å²) in [7, 11) is 0. The number of amides is 3. The van der Waals surface area contributed by atoms with Gasteiger partial charge >= 0.3 is 6.03 Å². The summed E-state index contributed by atoms with van der Waals surface area (Å²) in [6.45, 7) is 3.23. The van der Waals surface area contributed by atoms with Gasteiger partial charge in [-0.25, -0.2) is 9.78 Å². The van der Waals surface area contributed by atoms with E-state index in [1.165, 1.54) is 11.3 Å². The van der Waals surface area contributed by atoms with E-state index in [1.807, 2.05) is 24.3 Å². The lowest BCUT2D eigenvalue weighted by atomic mass is 10.0. The summed E-state index contributed by atoms with van der Waals surface area (Å²) in [5.41, 5.74) is 2.21. The lowest BCUT2D eigenvalue weighted by molar-refractivity contribution is 0.101.